The highest BCUT2D eigenvalue weighted by Crippen LogP contribution is 2.44. The third kappa shape index (κ3) is 8.33. The van der Waals surface area contributed by atoms with Crippen LogP contribution in [-0.4, -0.2) is 79.5 Å². The summed E-state index contributed by atoms with van der Waals surface area (Å²) in [6.07, 6.45) is 6.09. The van der Waals surface area contributed by atoms with Gasteiger partial charge < -0.3 is 24.7 Å². The van der Waals surface area contributed by atoms with Gasteiger partial charge in [-0.3, -0.25) is 19.8 Å². The van der Waals surface area contributed by atoms with Gasteiger partial charge in [-0.25, -0.2) is 18.1 Å². The minimum absolute atomic E-state index is 0.00306. The number of fused-ring (bicyclic) bond motifs is 2. The molecule has 8 rings (SSSR count). The summed E-state index contributed by atoms with van der Waals surface area (Å²) < 4.78 is 41.5. The number of nitrogens with zero attached hydrogens (tertiary/aromatic N) is 4. The summed E-state index contributed by atoms with van der Waals surface area (Å²) >= 11 is 6.23. The van der Waals surface area contributed by atoms with Gasteiger partial charge in [0.15, 0.2) is 11.4 Å². The molecule has 0 unspecified atom stereocenters. The normalized spacial score (nSPS) is 18.3. The number of pyridine rings is 1. The van der Waals surface area contributed by atoms with Crippen LogP contribution in [0.4, 0.5) is 17.1 Å². The molecule has 1 amide bonds. The molecule has 0 radical (unpaired) electrons. The van der Waals surface area contributed by atoms with Crippen LogP contribution in [0.25, 0.3) is 16.6 Å². The number of nitro benzene ring substituents is 1. The molecule has 3 N–H and O–H groups in total. The van der Waals surface area contributed by atoms with Gasteiger partial charge in [0.1, 0.15) is 23.3 Å². The molecule has 0 spiro atoms. The van der Waals surface area contributed by atoms with Crippen LogP contribution in [0.3, 0.4) is 0 Å². The third-order valence-electron chi connectivity index (χ3n) is 11.0. The predicted molar refractivity (Wildman–Crippen MR) is 224 cm³/mol. The number of benzene rings is 3. The average molecular weight is 826 g/mol. The maximum atomic E-state index is 13.9. The van der Waals surface area contributed by atoms with Crippen LogP contribution in [-0.2, 0) is 10.0 Å². The molecule has 1 saturated heterocycles. The van der Waals surface area contributed by atoms with E-state index in [2.05, 4.69) is 55.8 Å². The van der Waals surface area contributed by atoms with Crippen LogP contribution < -0.4 is 24.4 Å². The van der Waals surface area contributed by atoms with Crippen molar-refractivity contribution >= 4 is 61.2 Å². The number of nitrogens with one attached hydrogen (secondary N) is 3. The Morgan fingerprint density at radius 1 is 1.09 bits per heavy atom. The number of hydrogen-bond donors (Lipinski definition) is 3. The van der Waals surface area contributed by atoms with E-state index in [1.54, 1.807) is 31.3 Å². The molecular formula is C42H44ClN7O7S. The summed E-state index contributed by atoms with van der Waals surface area (Å²) in [5.74, 6) is -0.515. The number of carbonyl (C=O) groups excluding carboxylic acids is 1. The summed E-state index contributed by atoms with van der Waals surface area (Å²) in [5, 5.41) is 16.4. The minimum Gasteiger partial charge on any atom is -0.486 e. The van der Waals surface area contributed by atoms with Crippen molar-refractivity contribution in [2.45, 2.75) is 51.0 Å². The van der Waals surface area contributed by atoms with Crippen molar-refractivity contribution in [2.24, 2.45) is 5.41 Å². The molecule has 58 heavy (non-hydrogen) atoms. The quantitative estimate of drug-likeness (QED) is 0.0920. The molecule has 1 atom stereocenters. The molecular weight excluding hydrogens is 782 g/mol. The maximum Gasteiger partial charge on any atom is 0.297 e. The number of hydrogen-bond acceptors (Lipinski definition) is 11. The van der Waals surface area contributed by atoms with E-state index < -0.39 is 31.4 Å². The van der Waals surface area contributed by atoms with Gasteiger partial charge in [-0.2, -0.15) is 0 Å². The SMILES string of the molecule is C[C@H]1CNc2c(cc(S(=O)(=O)NC(=O)c3ccc(N4CCN(CC5=C(c6ccc(Cl)cc6)CC(C)(C)CC5)CC4)cc3Oc3cnc4[nH]ccc4c3)cc2[N+](=O)[O-])O1. The lowest BCUT2D eigenvalue weighted by Gasteiger charge is -2.39. The average Bonchev–Trinajstić information content (AvgIpc) is 3.66. The lowest BCUT2D eigenvalue weighted by molar-refractivity contribution is -0.384. The van der Waals surface area contributed by atoms with Crippen LogP contribution in [0.5, 0.6) is 17.2 Å². The van der Waals surface area contributed by atoms with Crippen molar-refractivity contribution < 1.29 is 27.6 Å². The highest BCUT2D eigenvalue weighted by Gasteiger charge is 2.32. The van der Waals surface area contributed by atoms with E-state index in [-0.39, 0.29) is 34.3 Å². The Balaban J connectivity index is 1.04. The molecule has 14 nitrogen and oxygen atoms in total. The Bertz CT molecular complexity index is 2550. The fourth-order valence-electron chi connectivity index (χ4n) is 7.87. The summed E-state index contributed by atoms with van der Waals surface area (Å²) in [5.41, 5.74) is 5.31. The van der Waals surface area contributed by atoms with Crippen LogP contribution in [0, 0.1) is 15.5 Å². The van der Waals surface area contributed by atoms with E-state index in [4.69, 9.17) is 21.1 Å². The number of aromatic amines is 1. The summed E-state index contributed by atoms with van der Waals surface area (Å²) in [7, 11) is -4.61. The molecule has 16 heteroatoms. The lowest BCUT2D eigenvalue weighted by Crippen LogP contribution is -2.47. The number of carbonyl (C=O) groups is 1. The zero-order valence-electron chi connectivity index (χ0n) is 32.4. The van der Waals surface area contributed by atoms with Gasteiger partial charge in [-0.1, -0.05) is 43.2 Å². The van der Waals surface area contributed by atoms with Crippen molar-refractivity contribution in [3.8, 4) is 17.2 Å². The smallest absolute Gasteiger partial charge is 0.297 e. The number of halogens is 1. The first-order valence-electron chi connectivity index (χ1n) is 19.2. The van der Waals surface area contributed by atoms with Gasteiger partial charge in [0, 0.05) is 73.2 Å². The number of aromatic nitrogens is 2. The van der Waals surface area contributed by atoms with Crippen molar-refractivity contribution in [2.75, 3.05) is 49.5 Å². The molecule has 4 heterocycles. The lowest BCUT2D eigenvalue weighted by atomic mass is 9.72. The Hall–Kier alpha value is -5.64. The monoisotopic (exact) mass is 825 g/mol. The van der Waals surface area contributed by atoms with Crippen LogP contribution >= 0.6 is 11.6 Å². The molecule has 302 valence electrons. The van der Waals surface area contributed by atoms with Crippen molar-refractivity contribution in [1.29, 1.82) is 0 Å². The molecule has 3 aliphatic rings. The topological polar surface area (TPSA) is 172 Å². The maximum absolute atomic E-state index is 13.9. The predicted octanol–water partition coefficient (Wildman–Crippen LogP) is 8.01. The van der Waals surface area contributed by atoms with Gasteiger partial charge >= 0.3 is 0 Å². The Labute approximate surface area is 341 Å². The first kappa shape index (κ1) is 39.2. The zero-order chi connectivity index (χ0) is 40.8. The second kappa shape index (κ2) is 15.6. The van der Waals surface area contributed by atoms with Gasteiger partial charge in [0.2, 0.25) is 0 Å². The summed E-state index contributed by atoms with van der Waals surface area (Å²) in [4.78, 5) is 36.8. The molecule has 1 fully saturated rings. The highest BCUT2D eigenvalue weighted by molar-refractivity contribution is 7.90. The number of ether oxygens (including phenoxy) is 2. The Kier molecular flexibility index (Phi) is 10.5. The van der Waals surface area contributed by atoms with E-state index in [0.717, 1.165) is 74.1 Å². The third-order valence-corrected chi connectivity index (χ3v) is 12.6. The largest absolute Gasteiger partial charge is 0.486 e. The molecule has 0 saturated carbocycles. The Morgan fingerprint density at radius 3 is 2.62 bits per heavy atom. The van der Waals surface area contributed by atoms with E-state index in [1.165, 1.54) is 35.0 Å². The van der Waals surface area contributed by atoms with Crippen LogP contribution in [0.2, 0.25) is 5.02 Å². The number of allylic oxidation sites excluding steroid dienone is 1. The summed E-state index contributed by atoms with van der Waals surface area (Å²) in [6.45, 7) is 10.7. The molecule has 2 aliphatic heterocycles. The molecule has 3 aromatic carbocycles. The zero-order valence-corrected chi connectivity index (χ0v) is 34.0. The van der Waals surface area contributed by atoms with E-state index in [0.29, 0.717) is 17.9 Å². The fourth-order valence-corrected chi connectivity index (χ4v) is 8.99. The van der Waals surface area contributed by atoms with E-state index >= 15 is 0 Å². The first-order chi connectivity index (χ1) is 27.7. The van der Waals surface area contributed by atoms with Crippen LogP contribution in [0.15, 0.2) is 89.6 Å². The van der Waals surface area contributed by atoms with E-state index in [1.807, 2.05) is 18.2 Å². The molecule has 1 aliphatic carbocycles. The number of nitro groups is 1. The van der Waals surface area contributed by atoms with Gasteiger partial charge in [0.05, 0.1) is 28.1 Å². The highest BCUT2D eigenvalue weighted by atomic mass is 35.5. The van der Waals surface area contributed by atoms with Crippen molar-refractivity contribution in [3.05, 3.63) is 111 Å². The Morgan fingerprint density at radius 2 is 1.86 bits per heavy atom. The van der Waals surface area contributed by atoms with Gasteiger partial charge in [-0.05, 0) is 79.1 Å². The van der Waals surface area contributed by atoms with Crippen molar-refractivity contribution in [1.82, 2.24) is 19.6 Å². The van der Waals surface area contributed by atoms with Crippen LogP contribution in [0.1, 0.15) is 56.0 Å². The standard InChI is InChI=1S/C42H44ClN7O7S/c1-26-23-45-39-36(50(52)53)20-33(21-38(39)56-26)58(54,55)47-41(51)34-9-8-31(19-37(34)57-32-18-28-11-13-44-40(28)46-24-32)49-16-14-48(15-17-49)25-29-10-12-42(2,3)22-35(29)27-4-6-30(43)7-5-27/h4-9,11,13,18-21,24,26,45H,10,12,14-17,22-23,25H2,1-3H3,(H,44,46)(H,47,51)/t26-/m0/s1. The number of anilines is 2. The second-order valence-electron chi connectivity index (χ2n) is 15.9. The van der Waals surface area contributed by atoms with Gasteiger partial charge in [0.25, 0.3) is 21.6 Å². The first-order valence-corrected chi connectivity index (χ1v) is 21.1. The number of amides is 1. The van der Waals surface area contributed by atoms with E-state index in [9.17, 15) is 23.3 Å². The summed E-state index contributed by atoms with van der Waals surface area (Å²) in [6, 6.07) is 18.9. The molecule has 0 bridgehead atoms. The molecule has 2 aromatic heterocycles. The van der Waals surface area contributed by atoms with Crippen molar-refractivity contribution in [3.63, 3.8) is 0 Å². The second-order valence-corrected chi connectivity index (χ2v) is 18.0. The number of H-pyrrole nitrogens is 1. The fraction of sp³-hybridized carbons (Fsp3) is 0.333. The minimum atomic E-state index is -4.61. The van der Waals surface area contributed by atoms with Gasteiger partial charge in [-0.15, -0.1) is 0 Å². The number of sulfonamides is 1. The molecule has 5 aromatic rings. The number of piperazine rings is 1. The number of rotatable bonds is 10.